The Kier molecular flexibility index (Phi) is 4.18. The van der Waals surface area contributed by atoms with Crippen molar-refractivity contribution in [3.05, 3.63) is 46.5 Å². The van der Waals surface area contributed by atoms with E-state index < -0.39 is 0 Å². The molecule has 1 fully saturated rings. The van der Waals surface area contributed by atoms with Crippen LogP contribution in [-0.2, 0) is 11.3 Å². The number of carbonyl (C=O) groups is 1. The number of nitrogens with zero attached hydrogens (tertiary/aromatic N) is 1. The summed E-state index contributed by atoms with van der Waals surface area (Å²) in [5.74, 6) is 0.00245. The Labute approximate surface area is 122 Å². The van der Waals surface area contributed by atoms with E-state index in [1.807, 2.05) is 16.3 Å². The van der Waals surface area contributed by atoms with Gasteiger partial charge in [0.1, 0.15) is 6.26 Å². The monoisotopic (exact) mass is 291 g/mol. The van der Waals surface area contributed by atoms with E-state index in [-0.39, 0.29) is 12.0 Å². The SMILES string of the molecule is O=C(c1ccoc1)N(Cc1cccs1)CC1CCCO1. The lowest BCUT2D eigenvalue weighted by molar-refractivity contribution is 0.0509. The van der Waals surface area contributed by atoms with Gasteiger partial charge in [-0.25, -0.2) is 0 Å². The van der Waals surface area contributed by atoms with Crippen molar-refractivity contribution in [2.45, 2.75) is 25.5 Å². The smallest absolute Gasteiger partial charge is 0.257 e. The van der Waals surface area contributed by atoms with E-state index in [4.69, 9.17) is 9.15 Å². The molecule has 2 aromatic rings. The number of ether oxygens (including phenoxy) is 1. The lowest BCUT2D eigenvalue weighted by Gasteiger charge is -2.24. The van der Waals surface area contributed by atoms with Crippen LogP contribution in [-0.4, -0.2) is 30.1 Å². The second-order valence-corrected chi connectivity index (χ2v) is 5.94. The molecule has 5 heteroatoms. The Morgan fingerprint density at radius 3 is 3.05 bits per heavy atom. The molecule has 20 heavy (non-hydrogen) atoms. The maximum absolute atomic E-state index is 12.5. The topological polar surface area (TPSA) is 42.7 Å². The van der Waals surface area contributed by atoms with Crippen molar-refractivity contribution in [1.29, 1.82) is 0 Å². The second kappa shape index (κ2) is 6.24. The number of amides is 1. The number of carbonyl (C=O) groups excluding carboxylic acids is 1. The molecule has 0 radical (unpaired) electrons. The van der Waals surface area contributed by atoms with Gasteiger partial charge in [-0.15, -0.1) is 11.3 Å². The molecular formula is C15H17NO3S. The summed E-state index contributed by atoms with van der Waals surface area (Å²) in [5.41, 5.74) is 0.597. The average Bonchev–Trinajstić information content (AvgIpc) is 3.20. The Morgan fingerprint density at radius 2 is 2.40 bits per heavy atom. The highest BCUT2D eigenvalue weighted by atomic mass is 32.1. The Bertz CT molecular complexity index is 529. The summed E-state index contributed by atoms with van der Waals surface area (Å²) < 4.78 is 10.7. The summed E-state index contributed by atoms with van der Waals surface area (Å²) in [5, 5.41) is 2.03. The summed E-state index contributed by atoms with van der Waals surface area (Å²) in [7, 11) is 0. The highest BCUT2D eigenvalue weighted by Gasteiger charge is 2.24. The third kappa shape index (κ3) is 3.11. The van der Waals surface area contributed by atoms with Crippen LogP contribution in [0.15, 0.2) is 40.5 Å². The molecule has 4 nitrogen and oxygen atoms in total. The third-order valence-electron chi connectivity index (χ3n) is 3.43. The van der Waals surface area contributed by atoms with Crippen molar-refractivity contribution in [2.24, 2.45) is 0 Å². The molecule has 1 unspecified atom stereocenters. The fourth-order valence-corrected chi connectivity index (χ4v) is 3.13. The fraction of sp³-hybridized carbons (Fsp3) is 0.400. The molecule has 1 amide bonds. The van der Waals surface area contributed by atoms with Gasteiger partial charge >= 0.3 is 0 Å². The van der Waals surface area contributed by atoms with Crippen LogP contribution in [0, 0.1) is 0 Å². The van der Waals surface area contributed by atoms with E-state index in [9.17, 15) is 4.79 Å². The maximum Gasteiger partial charge on any atom is 0.257 e. The van der Waals surface area contributed by atoms with Crippen molar-refractivity contribution in [3.8, 4) is 0 Å². The molecule has 0 aromatic carbocycles. The van der Waals surface area contributed by atoms with Crippen LogP contribution in [0.25, 0.3) is 0 Å². The highest BCUT2D eigenvalue weighted by molar-refractivity contribution is 7.09. The number of hydrogen-bond acceptors (Lipinski definition) is 4. The quantitative estimate of drug-likeness (QED) is 0.850. The van der Waals surface area contributed by atoms with Gasteiger partial charge in [0.15, 0.2) is 0 Å². The molecule has 0 bridgehead atoms. The molecule has 3 rings (SSSR count). The van der Waals surface area contributed by atoms with E-state index in [1.54, 1.807) is 17.4 Å². The molecule has 1 saturated heterocycles. The van der Waals surface area contributed by atoms with E-state index in [0.29, 0.717) is 18.7 Å². The number of thiophene rings is 1. The number of hydrogen-bond donors (Lipinski definition) is 0. The van der Waals surface area contributed by atoms with E-state index in [1.165, 1.54) is 17.4 Å². The van der Waals surface area contributed by atoms with E-state index in [0.717, 1.165) is 19.4 Å². The molecule has 0 spiro atoms. The fourth-order valence-electron chi connectivity index (χ4n) is 2.41. The molecule has 0 N–H and O–H groups in total. The predicted octanol–water partition coefficient (Wildman–Crippen LogP) is 3.16. The molecule has 0 saturated carbocycles. The van der Waals surface area contributed by atoms with Crippen molar-refractivity contribution in [2.75, 3.05) is 13.2 Å². The van der Waals surface area contributed by atoms with Crippen LogP contribution >= 0.6 is 11.3 Å². The van der Waals surface area contributed by atoms with Crippen molar-refractivity contribution in [3.63, 3.8) is 0 Å². The largest absolute Gasteiger partial charge is 0.472 e. The molecule has 2 aromatic heterocycles. The van der Waals surface area contributed by atoms with Gasteiger partial charge in [0, 0.05) is 18.0 Å². The van der Waals surface area contributed by atoms with Crippen LogP contribution in [0.2, 0.25) is 0 Å². The molecule has 3 heterocycles. The summed E-state index contributed by atoms with van der Waals surface area (Å²) in [6.07, 6.45) is 5.30. The van der Waals surface area contributed by atoms with Gasteiger partial charge in [-0.05, 0) is 30.4 Å². The average molecular weight is 291 g/mol. The zero-order valence-corrected chi connectivity index (χ0v) is 12.0. The van der Waals surface area contributed by atoms with Crippen LogP contribution in [0.3, 0.4) is 0 Å². The molecule has 1 aliphatic heterocycles. The first-order chi connectivity index (χ1) is 9.83. The maximum atomic E-state index is 12.5. The van der Waals surface area contributed by atoms with Crippen LogP contribution in [0.5, 0.6) is 0 Å². The molecule has 0 aliphatic carbocycles. The first-order valence-corrected chi connectivity index (χ1v) is 7.66. The summed E-state index contributed by atoms with van der Waals surface area (Å²) in [6, 6.07) is 5.77. The van der Waals surface area contributed by atoms with Crippen LogP contribution < -0.4 is 0 Å². The summed E-state index contributed by atoms with van der Waals surface area (Å²) in [6.45, 7) is 2.07. The summed E-state index contributed by atoms with van der Waals surface area (Å²) in [4.78, 5) is 15.6. The molecule has 1 aliphatic rings. The van der Waals surface area contributed by atoms with Gasteiger partial charge < -0.3 is 14.1 Å². The van der Waals surface area contributed by atoms with E-state index in [2.05, 4.69) is 6.07 Å². The minimum absolute atomic E-state index is 0.00245. The minimum atomic E-state index is 0.00245. The Morgan fingerprint density at radius 1 is 1.45 bits per heavy atom. The highest BCUT2D eigenvalue weighted by Crippen LogP contribution is 2.19. The zero-order chi connectivity index (χ0) is 13.8. The van der Waals surface area contributed by atoms with E-state index >= 15 is 0 Å². The van der Waals surface area contributed by atoms with Gasteiger partial charge in [-0.1, -0.05) is 6.07 Å². The number of furan rings is 1. The molecule has 106 valence electrons. The lowest BCUT2D eigenvalue weighted by atomic mass is 10.2. The van der Waals surface area contributed by atoms with Gasteiger partial charge in [-0.3, -0.25) is 4.79 Å². The second-order valence-electron chi connectivity index (χ2n) is 4.91. The Hall–Kier alpha value is -1.59. The Balaban J connectivity index is 1.73. The first kappa shape index (κ1) is 13.4. The van der Waals surface area contributed by atoms with Crippen molar-refractivity contribution in [1.82, 2.24) is 4.90 Å². The van der Waals surface area contributed by atoms with Crippen LogP contribution in [0.1, 0.15) is 28.1 Å². The van der Waals surface area contributed by atoms with Crippen LogP contribution in [0.4, 0.5) is 0 Å². The molecular weight excluding hydrogens is 274 g/mol. The summed E-state index contributed by atoms with van der Waals surface area (Å²) >= 11 is 1.67. The van der Waals surface area contributed by atoms with Gasteiger partial charge in [0.25, 0.3) is 5.91 Å². The van der Waals surface area contributed by atoms with Crippen molar-refractivity contribution < 1.29 is 13.9 Å². The van der Waals surface area contributed by atoms with Crippen molar-refractivity contribution >= 4 is 17.2 Å². The predicted molar refractivity (Wildman–Crippen MR) is 76.7 cm³/mol. The third-order valence-corrected chi connectivity index (χ3v) is 4.29. The normalized spacial score (nSPS) is 18.3. The zero-order valence-electron chi connectivity index (χ0n) is 11.2. The lowest BCUT2D eigenvalue weighted by Crippen LogP contribution is -2.36. The standard InChI is InChI=1S/C15H17NO3S/c17-15(12-5-7-18-11-12)16(9-13-3-1-6-19-13)10-14-4-2-8-20-14/h2,4-5,7-8,11,13H,1,3,6,9-10H2. The molecule has 1 atom stereocenters. The van der Waals surface area contributed by atoms with Gasteiger partial charge in [0.05, 0.1) is 24.5 Å². The first-order valence-electron chi connectivity index (χ1n) is 6.78. The van der Waals surface area contributed by atoms with Gasteiger partial charge in [0.2, 0.25) is 0 Å². The minimum Gasteiger partial charge on any atom is -0.472 e. The van der Waals surface area contributed by atoms with Gasteiger partial charge in [-0.2, -0.15) is 0 Å². The number of rotatable bonds is 5.